The van der Waals surface area contributed by atoms with Crippen LogP contribution in [0.5, 0.6) is 0 Å². The van der Waals surface area contributed by atoms with Gasteiger partial charge in [0.25, 0.3) is 5.24 Å². The van der Waals surface area contributed by atoms with Gasteiger partial charge in [-0.2, -0.15) is 0 Å². The van der Waals surface area contributed by atoms with Crippen molar-refractivity contribution in [2.75, 3.05) is 36.5 Å². The molecule has 2 aliphatic heterocycles. The Labute approximate surface area is 118 Å². The van der Waals surface area contributed by atoms with E-state index in [1.54, 1.807) is 11.8 Å². The van der Waals surface area contributed by atoms with Gasteiger partial charge in [0.05, 0.1) is 6.61 Å². The monoisotopic (exact) mass is 346 g/mol. The van der Waals surface area contributed by atoms with Gasteiger partial charge >= 0.3 is 0 Å². The Balaban J connectivity index is 0.000000217. The molecule has 2 saturated heterocycles. The van der Waals surface area contributed by atoms with Crippen molar-refractivity contribution >= 4 is 61.2 Å². The SMILES string of the molecule is O=C1NCCS1.OCCBr.S=C1NCCS1. The van der Waals surface area contributed by atoms with E-state index < -0.39 is 0 Å². The van der Waals surface area contributed by atoms with Crippen molar-refractivity contribution in [3.8, 4) is 0 Å². The molecule has 0 atom stereocenters. The molecule has 4 nitrogen and oxygen atoms in total. The van der Waals surface area contributed by atoms with Gasteiger partial charge in [-0.1, -0.05) is 51.7 Å². The maximum absolute atomic E-state index is 10.1. The zero-order chi connectivity index (χ0) is 12.2. The minimum absolute atomic E-state index is 0.120. The molecule has 2 aliphatic rings. The summed E-state index contributed by atoms with van der Waals surface area (Å²) in [6.07, 6.45) is 0. The summed E-state index contributed by atoms with van der Waals surface area (Å²) in [7, 11) is 0. The van der Waals surface area contributed by atoms with Gasteiger partial charge < -0.3 is 15.7 Å². The summed E-state index contributed by atoms with van der Waals surface area (Å²) in [5.41, 5.74) is 0. The fourth-order valence-corrected chi connectivity index (χ4v) is 2.24. The molecule has 0 bridgehead atoms. The largest absolute Gasteiger partial charge is 0.396 e. The van der Waals surface area contributed by atoms with Crippen LogP contribution in [0, 0.1) is 0 Å². The van der Waals surface area contributed by atoms with Crippen LogP contribution in [0.4, 0.5) is 4.79 Å². The van der Waals surface area contributed by atoms with Crippen molar-refractivity contribution < 1.29 is 9.90 Å². The maximum atomic E-state index is 10.1. The second kappa shape index (κ2) is 12.0. The molecule has 0 spiro atoms. The van der Waals surface area contributed by atoms with Crippen molar-refractivity contribution in [3.05, 3.63) is 0 Å². The van der Waals surface area contributed by atoms with Crippen molar-refractivity contribution in [2.24, 2.45) is 0 Å². The number of halogens is 1. The average molecular weight is 347 g/mol. The van der Waals surface area contributed by atoms with E-state index in [-0.39, 0.29) is 11.8 Å². The van der Waals surface area contributed by atoms with Gasteiger partial charge in [0, 0.05) is 29.9 Å². The highest BCUT2D eigenvalue weighted by atomic mass is 79.9. The zero-order valence-electron chi connectivity index (χ0n) is 8.70. The molecule has 0 aromatic carbocycles. The molecule has 94 valence electrons. The molecular weight excluding hydrogens is 332 g/mol. The molecule has 0 saturated carbocycles. The van der Waals surface area contributed by atoms with Gasteiger partial charge in [-0.25, -0.2) is 0 Å². The number of nitrogens with one attached hydrogen (secondary N) is 2. The number of rotatable bonds is 1. The summed E-state index contributed by atoms with van der Waals surface area (Å²) in [6.45, 7) is 2.15. The molecule has 2 heterocycles. The highest BCUT2D eigenvalue weighted by molar-refractivity contribution is 9.09. The van der Waals surface area contributed by atoms with Crippen LogP contribution in [0.3, 0.4) is 0 Å². The van der Waals surface area contributed by atoms with Crippen LogP contribution in [0.2, 0.25) is 0 Å². The molecule has 2 rings (SSSR count). The zero-order valence-corrected chi connectivity index (χ0v) is 12.7. The fraction of sp³-hybridized carbons (Fsp3) is 0.750. The number of amides is 1. The summed E-state index contributed by atoms with van der Waals surface area (Å²) < 4.78 is 0.954. The summed E-state index contributed by atoms with van der Waals surface area (Å²) in [4.78, 5) is 10.1. The first kappa shape index (κ1) is 16.5. The Morgan fingerprint density at radius 3 is 2.00 bits per heavy atom. The van der Waals surface area contributed by atoms with Gasteiger partial charge in [0.2, 0.25) is 0 Å². The number of carbonyl (C=O) groups is 1. The number of aliphatic hydroxyl groups is 1. The lowest BCUT2D eigenvalue weighted by atomic mass is 10.8. The van der Waals surface area contributed by atoms with E-state index in [4.69, 9.17) is 17.3 Å². The number of hydrogen-bond acceptors (Lipinski definition) is 5. The van der Waals surface area contributed by atoms with Crippen LogP contribution in [0.1, 0.15) is 0 Å². The normalized spacial score (nSPS) is 17.6. The van der Waals surface area contributed by atoms with Crippen molar-refractivity contribution in [3.63, 3.8) is 0 Å². The third-order valence-corrected chi connectivity index (χ3v) is 3.78. The van der Waals surface area contributed by atoms with Gasteiger partial charge in [0.15, 0.2) is 0 Å². The van der Waals surface area contributed by atoms with Gasteiger partial charge in [-0.3, -0.25) is 4.79 Å². The summed E-state index contributed by atoms with van der Waals surface area (Å²) in [6, 6.07) is 0. The van der Waals surface area contributed by atoms with E-state index >= 15 is 0 Å². The Hall–Kier alpha value is 0.500. The van der Waals surface area contributed by atoms with Crippen molar-refractivity contribution in [1.29, 1.82) is 0 Å². The lowest BCUT2D eigenvalue weighted by Crippen LogP contribution is -2.10. The molecule has 8 heteroatoms. The third kappa shape index (κ3) is 11.0. The number of aliphatic hydroxyl groups excluding tert-OH is 1. The predicted molar refractivity (Wildman–Crippen MR) is 79.8 cm³/mol. The number of thioether (sulfide) groups is 2. The standard InChI is InChI=1S/C3H5NOS.C3H5NS2.C2H5BrO/c2*5-3-4-1-2-6-3;3-1-2-4/h2*1-2H2,(H,4,5);4H,1-2H2. The Kier molecular flexibility index (Phi) is 12.3. The van der Waals surface area contributed by atoms with Gasteiger partial charge in [-0.05, 0) is 0 Å². The summed E-state index contributed by atoms with van der Waals surface area (Å²) in [5.74, 6) is 2.09. The molecule has 0 aromatic rings. The highest BCUT2D eigenvalue weighted by Crippen LogP contribution is 2.05. The van der Waals surface area contributed by atoms with Crippen LogP contribution in [0.25, 0.3) is 0 Å². The van der Waals surface area contributed by atoms with Crippen LogP contribution in [-0.2, 0) is 0 Å². The fourth-order valence-electron chi connectivity index (χ4n) is 0.696. The van der Waals surface area contributed by atoms with Gasteiger partial charge in [0.1, 0.15) is 4.32 Å². The summed E-state index contributed by atoms with van der Waals surface area (Å²) in [5, 5.41) is 14.3. The lowest BCUT2D eigenvalue weighted by molar-refractivity contribution is 0.262. The predicted octanol–water partition coefficient (Wildman–Crippen LogP) is 1.42. The van der Waals surface area contributed by atoms with E-state index in [1.807, 2.05) is 0 Å². The topological polar surface area (TPSA) is 61.4 Å². The van der Waals surface area contributed by atoms with Crippen LogP contribution in [-0.4, -0.2) is 51.2 Å². The maximum Gasteiger partial charge on any atom is 0.279 e. The van der Waals surface area contributed by atoms with E-state index in [2.05, 4.69) is 26.6 Å². The first-order valence-electron chi connectivity index (χ1n) is 4.68. The molecule has 0 aromatic heterocycles. The van der Waals surface area contributed by atoms with Crippen LogP contribution in [0.15, 0.2) is 0 Å². The molecule has 16 heavy (non-hydrogen) atoms. The van der Waals surface area contributed by atoms with E-state index in [9.17, 15) is 4.79 Å². The molecule has 0 unspecified atom stereocenters. The molecule has 2 fully saturated rings. The highest BCUT2D eigenvalue weighted by Gasteiger charge is 2.06. The molecule has 0 radical (unpaired) electrons. The molecule has 0 aliphatic carbocycles. The van der Waals surface area contributed by atoms with Crippen molar-refractivity contribution in [1.82, 2.24) is 10.6 Å². The first-order chi connectivity index (χ1) is 7.70. The minimum atomic E-state index is 0.120. The third-order valence-electron chi connectivity index (χ3n) is 1.29. The quantitative estimate of drug-likeness (QED) is 0.493. The van der Waals surface area contributed by atoms with E-state index in [0.29, 0.717) is 5.33 Å². The van der Waals surface area contributed by atoms with Crippen LogP contribution >= 0.6 is 51.7 Å². The second-order valence-electron chi connectivity index (χ2n) is 2.54. The van der Waals surface area contributed by atoms with Crippen LogP contribution < -0.4 is 10.6 Å². The van der Waals surface area contributed by atoms with Gasteiger partial charge in [-0.15, -0.1) is 0 Å². The number of hydrogen-bond donors (Lipinski definition) is 3. The van der Waals surface area contributed by atoms with Crippen molar-refractivity contribution in [2.45, 2.75) is 0 Å². The molecular formula is C8H15BrN2O2S3. The Bertz CT molecular complexity index is 181. The Morgan fingerprint density at radius 2 is 1.88 bits per heavy atom. The smallest absolute Gasteiger partial charge is 0.279 e. The van der Waals surface area contributed by atoms with E-state index in [1.165, 1.54) is 11.8 Å². The average Bonchev–Trinajstić information content (AvgIpc) is 2.93. The summed E-state index contributed by atoms with van der Waals surface area (Å²) >= 11 is 10.8. The second-order valence-corrected chi connectivity index (χ2v) is 6.17. The van der Waals surface area contributed by atoms with E-state index in [0.717, 1.165) is 28.9 Å². The molecule has 3 N–H and O–H groups in total. The Morgan fingerprint density at radius 1 is 1.31 bits per heavy atom. The lowest BCUT2D eigenvalue weighted by Gasteiger charge is -1.82. The number of alkyl halides is 1. The molecule has 1 amide bonds. The number of carbonyl (C=O) groups excluding carboxylic acids is 1. The number of thiocarbonyl (C=S) groups is 1. The first-order valence-corrected chi connectivity index (χ1v) is 8.19. The minimum Gasteiger partial charge on any atom is -0.396 e.